The first-order valence-electron chi connectivity index (χ1n) is 20.4. The lowest BCUT2D eigenvalue weighted by molar-refractivity contribution is -0.769. The normalized spacial score (nSPS) is 15.0. The van der Waals surface area contributed by atoms with E-state index in [9.17, 15) is 15.2 Å². The number of morpholine rings is 2. The molecule has 2 aliphatic rings. The van der Waals surface area contributed by atoms with E-state index in [2.05, 4.69) is 142 Å². The van der Waals surface area contributed by atoms with Crippen molar-refractivity contribution in [2.24, 2.45) is 0 Å². The van der Waals surface area contributed by atoms with Crippen LogP contribution < -0.4 is 14.2 Å². The molecule has 1 unspecified atom stereocenters. The van der Waals surface area contributed by atoms with Crippen LogP contribution in [0.1, 0.15) is 58.8 Å². The summed E-state index contributed by atoms with van der Waals surface area (Å²) in [4.78, 5) is 22.4. The van der Waals surface area contributed by atoms with Gasteiger partial charge < -0.3 is 33.6 Å². The molecular weight excluding hydrogens is 1030 g/mol. The van der Waals surface area contributed by atoms with Gasteiger partial charge in [-0.05, 0) is 76.6 Å². The molecule has 1 N–H and O–H groups in total. The van der Waals surface area contributed by atoms with Crippen LogP contribution in [0.15, 0.2) is 109 Å². The molecule has 2 fully saturated rings. The van der Waals surface area contributed by atoms with Gasteiger partial charge in [-0.25, -0.2) is 0 Å². The van der Waals surface area contributed by atoms with Gasteiger partial charge in [0.1, 0.15) is 17.6 Å². The average molecular weight is 1080 g/mol. The molecule has 2 aliphatic heterocycles. The number of alkyl halides is 1. The van der Waals surface area contributed by atoms with Gasteiger partial charge in [0.2, 0.25) is 0 Å². The van der Waals surface area contributed by atoms with Crippen LogP contribution in [0, 0.1) is 10.1 Å². The van der Waals surface area contributed by atoms with E-state index in [-0.39, 0.29) is 0 Å². The number of anilines is 2. The SMILES string of the molecule is CC(C)[Si](Oc1ccccc1C(CBr)O[N+](=O)[O-])(C(C)C)C(C)C.Oc1ccccc1/C=C/Sc1cc(Br)cc(N2CCOCC2)c1.Sc1cc(Br)cc(N2CCOCC2)c1. The second-order valence-corrected chi connectivity index (χ2v) is 24.8. The predicted octanol–water partition coefficient (Wildman–Crippen LogP) is 13.2. The molecule has 0 radical (unpaired) electrons. The van der Waals surface area contributed by atoms with E-state index in [0.717, 1.165) is 76.9 Å². The van der Waals surface area contributed by atoms with Gasteiger partial charge in [-0.15, -0.1) is 22.7 Å². The highest BCUT2D eigenvalue weighted by atomic mass is 79.9. The van der Waals surface area contributed by atoms with Crippen LogP contribution in [0.5, 0.6) is 11.5 Å². The number of ether oxygens (including phenoxy) is 2. The Morgan fingerprint density at radius 2 is 1.34 bits per heavy atom. The second kappa shape index (κ2) is 25.6. The third kappa shape index (κ3) is 15.5. The van der Waals surface area contributed by atoms with E-state index in [1.165, 1.54) is 11.4 Å². The first-order valence-corrected chi connectivity index (χ1v) is 26.5. The van der Waals surface area contributed by atoms with E-state index in [1.807, 2.05) is 60.0 Å². The Balaban J connectivity index is 0.000000208. The summed E-state index contributed by atoms with van der Waals surface area (Å²) in [5, 5.41) is 22.2. The highest BCUT2D eigenvalue weighted by Gasteiger charge is 2.47. The number of rotatable bonds is 14. The molecule has 0 aliphatic carbocycles. The zero-order chi connectivity index (χ0) is 44.5. The van der Waals surface area contributed by atoms with Crippen molar-refractivity contribution in [1.82, 2.24) is 0 Å². The molecular formula is C45H58Br3N3O7S2Si. The van der Waals surface area contributed by atoms with Crippen molar-refractivity contribution in [3.8, 4) is 11.5 Å². The van der Waals surface area contributed by atoms with Crippen LogP contribution in [0.3, 0.4) is 0 Å². The fourth-order valence-corrected chi connectivity index (χ4v) is 15.7. The molecule has 0 bridgehead atoms. The molecule has 6 rings (SSSR count). The summed E-state index contributed by atoms with van der Waals surface area (Å²) in [6.45, 7) is 20.2. The number of nitrogens with zero attached hydrogens (tertiary/aromatic N) is 3. The van der Waals surface area contributed by atoms with Gasteiger partial charge in [0.15, 0.2) is 0 Å². The average Bonchev–Trinajstić information content (AvgIpc) is 3.23. The first-order chi connectivity index (χ1) is 29.1. The van der Waals surface area contributed by atoms with E-state index < -0.39 is 19.5 Å². The number of phenolic OH excluding ortho intramolecular Hbond substituents is 1. The molecule has 0 amide bonds. The third-order valence-electron chi connectivity index (χ3n) is 10.5. The highest BCUT2D eigenvalue weighted by Crippen LogP contribution is 2.44. The number of halogens is 3. The highest BCUT2D eigenvalue weighted by molar-refractivity contribution is 9.10. The van der Waals surface area contributed by atoms with Gasteiger partial charge in [-0.2, -0.15) is 0 Å². The van der Waals surface area contributed by atoms with Gasteiger partial charge >= 0.3 is 0 Å². The van der Waals surface area contributed by atoms with E-state index in [1.54, 1.807) is 17.8 Å². The molecule has 0 aromatic heterocycles. The molecule has 61 heavy (non-hydrogen) atoms. The van der Waals surface area contributed by atoms with Crippen molar-refractivity contribution < 1.29 is 28.9 Å². The maximum atomic E-state index is 10.8. The minimum atomic E-state index is -2.14. The predicted molar refractivity (Wildman–Crippen MR) is 267 cm³/mol. The maximum Gasteiger partial charge on any atom is 0.295 e. The number of phenols is 1. The maximum absolute atomic E-state index is 10.8. The Morgan fingerprint density at radius 1 is 0.820 bits per heavy atom. The van der Waals surface area contributed by atoms with Crippen LogP contribution in [0.25, 0.3) is 6.08 Å². The zero-order valence-corrected chi connectivity index (χ0v) is 43.1. The topological polar surface area (TPSA) is 107 Å². The quantitative estimate of drug-likeness (QED) is 0.0317. The van der Waals surface area contributed by atoms with Crippen LogP contribution in [0.4, 0.5) is 11.4 Å². The van der Waals surface area contributed by atoms with E-state index >= 15 is 0 Å². The van der Waals surface area contributed by atoms with E-state index in [0.29, 0.717) is 39.0 Å². The van der Waals surface area contributed by atoms with Crippen molar-refractivity contribution in [2.45, 2.75) is 74.1 Å². The zero-order valence-electron chi connectivity index (χ0n) is 35.6. The van der Waals surface area contributed by atoms with Gasteiger partial charge in [0, 0.05) is 72.7 Å². The number of para-hydroxylation sites is 2. The number of aromatic hydroxyl groups is 1. The Hall–Kier alpha value is -2.70. The molecule has 0 spiro atoms. The summed E-state index contributed by atoms with van der Waals surface area (Å²) < 4.78 is 19.6. The summed E-state index contributed by atoms with van der Waals surface area (Å²) in [5.74, 6) is 0.999. The van der Waals surface area contributed by atoms with Crippen molar-refractivity contribution in [3.63, 3.8) is 0 Å². The fourth-order valence-electron chi connectivity index (χ4n) is 7.65. The lowest BCUT2D eigenvalue weighted by atomic mass is 10.1. The summed E-state index contributed by atoms with van der Waals surface area (Å²) in [6.07, 6.45) is 1.24. The number of thioether (sulfide) groups is 1. The molecule has 2 heterocycles. The van der Waals surface area contributed by atoms with Crippen LogP contribution in [-0.4, -0.2) is 76.4 Å². The Kier molecular flexibility index (Phi) is 21.3. The van der Waals surface area contributed by atoms with Gasteiger partial charge in [0.05, 0.1) is 26.4 Å². The van der Waals surface area contributed by atoms with Crippen molar-refractivity contribution >= 4 is 97.9 Å². The van der Waals surface area contributed by atoms with Crippen LogP contribution in [0.2, 0.25) is 16.6 Å². The van der Waals surface area contributed by atoms with Gasteiger partial charge in [-0.3, -0.25) is 0 Å². The Morgan fingerprint density at radius 3 is 1.87 bits per heavy atom. The molecule has 332 valence electrons. The smallest absolute Gasteiger partial charge is 0.295 e. The van der Waals surface area contributed by atoms with E-state index in [4.69, 9.17) is 18.7 Å². The van der Waals surface area contributed by atoms with Gasteiger partial charge in [-0.1, -0.05) is 137 Å². The lowest BCUT2D eigenvalue weighted by Gasteiger charge is -2.42. The minimum absolute atomic E-state index is 0.299. The monoisotopic (exact) mass is 1080 g/mol. The fraction of sp³-hybridized carbons (Fsp3) is 0.422. The molecule has 0 saturated carbocycles. The largest absolute Gasteiger partial charge is 0.542 e. The number of hydrogen-bond acceptors (Lipinski definition) is 11. The number of benzene rings is 4. The first kappa shape index (κ1) is 50.9. The molecule has 16 heteroatoms. The Labute approximate surface area is 397 Å². The minimum Gasteiger partial charge on any atom is -0.542 e. The lowest BCUT2D eigenvalue weighted by Crippen LogP contribution is -2.51. The summed E-state index contributed by atoms with van der Waals surface area (Å²) in [6, 6.07) is 27.4. The van der Waals surface area contributed by atoms with Crippen LogP contribution in [-0.2, 0) is 14.3 Å². The molecule has 2 saturated heterocycles. The second-order valence-electron chi connectivity index (χ2n) is 15.4. The van der Waals surface area contributed by atoms with Gasteiger partial charge in [0.25, 0.3) is 13.4 Å². The van der Waals surface area contributed by atoms with Crippen LogP contribution >= 0.6 is 72.2 Å². The summed E-state index contributed by atoms with van der Waals surface area (Å²) in [7, 11) is -2.14. The standard InChI is InChI=1S/C18H18BrNO2S.C17H28BrNO4Si.C10H12BrNOS/c19-15-11-16(20-6-8-22-9-7-20)13-17(12-15)23-10-5-14-3-1-2-4-18(14)21;1-12(2)24(13(3)4,14(5)6)23-16-10-8-7-9-15(16)17(11-18)22-19(20)21;11-8-5-9(7-10(14)6-8)12-1-3-13-4-2-12/h1-5,10-13,21H,6-9H2;7-10,12-14,17H,11H2,1-6H3;5-7,14H,1-4H2/b10-5+;;. The third-order valence-corrected chi connectivity index (χ3v) is 19.0. The van der Waals surface area contributed by atoms with Crippen molar-refractivity contribution in [3.05, 3.63) is 121 Å². The van der Waals surface area contributed by atoms with Crippen molar-refractivity contribution in [2.75, 3.05) is 67.7 Å². The molecule has 4 aromatic carbocycles. The molecule has 1 atom stereocenters. The molecule has 10 nitrogen and oxygen atoms in total. The number of hydrogen-bond donors (Lipinski definition) is 2. The van der Waals surface area contributed by atoms with Crippen molar-refractivity contribution in [1.29, 1.82) is 0 Å². The number of thiol groups is 1. The summed E-state index contributed by atoms with van der Waals surface area (Å²) in [5.41, 5.74) is 5.22. The Bertz CT molecular complexity index is 1980. The summed E-state index contributed by atoms with van der Waals surface area (Å²) >= 11 is 16.4. The molecule has 4 aromatic rings.